The third kappa shape index (κ3) is 14.3. The zero-order valence-corrected chi connectivity index (χ0v) is 11.5. The Hall–Kier alpha value is -0.239. The standard InChI is InChI=1S/2C5H5.C2H7Si.V/c2*1-2-4-5-3-1;1-3-2;/h2*1-3H,4H2;3H,1-2H3;/q2*-1;;+2. The fourth-order valence-corrected chi connectivity index (χ4v) is 0.680. The summed E-state index contributed by atoms with van der Waals surface area (Å²) in [6.07, 6.45) is 20.0. The van der Waals surface area contributed by atoms with Crippen molar-refractivity contribution >= 4 is 9.52 Å². The first-order valence-electron chi connectivity index (χ1n) is 4.59. The molecular formula is C12H17SiV. The van der Waals surface area contributed by atoms with Gasteiger partial charge in [0.25, 0.3) is 0 Å². The maximum atomic E-state index is 2.99. The van der Waals surface area contributed by atoms with Crippen LogP contribution >= 0.6 is 0 Å². The summed E-state index contributed by atoms with van der Waals surface area (Å²) in [7, 11) is 0.750. The van der Waals surface area contributed by atoms with Crippen LogP contribution in [0.25, 0.3) is 0 Å². The number of hydrogen-bond donors (Lipinski definition) is 0. The summed E-state index contributed by atoms with van der Waals surface area (Å²) in [6, 6.07) is 0. The largest absolute Gasteiger partial charge is 2.00 e. The van der Waals surface area contributed by atoms with Gasteiger partial charge in [0.1, 0.15) is 0 Å². The van der Waals surface area contributed by atoms with Gasteiger partial charge < -0.3 is 0 Å². The summed E-state index contributed by atoms with van der Waals surface area (Å²) in [6.45, 7) is 4.42. The second-order valence-corrected chi connectivity index (χ2v) is 3.74. The molecule has 74 valence electrons. The third-order valence-corrected chi connectivity index (χ3v) is 1.17. The van der Waals surface area contributed by atoms with Crippen LogP contribution in [0.3, 0.4) is 0 Å². The van der Waals surface area contributed by atoms with Crippen LogP contribution in [-0.4, -0.2) is 9.52 Å². The zero-order valence-electron chi connectivity index (χ0n) is 8.90. The van der Waals surface area contributed by atoms with E-state index < -0.39 is 0 Å². The van der Waals surface area contributed by atoms with E-state index in [-0.39, 0.29) is 18.6 Å². The van der Waals surface area contributed by atoms with Gasteiger partial charge >= 0.3 is 18.6 Å². The minimum absolute atomic E-state index is 0. The van der Waals surface area contributed by atoms with Gasteiger partial charge in [-0.2, -0.15) is 12.2 Å². The van der Waals surface area contributed by atoms with Crippen LogP contribution in [0.15, 0.2) is 36.5 Å². The van der Waals surface area contributed by atoms with E-state index in [2.05, 4.69) is 37.4 Å². The van der Waals surface area contributed by atoms with E-state index in [1.807, 2.05) is 24.3 Å². The summed E-state index contributed by atoms with van der Waals surface area (Å²) >= 11 is 0. The van der Waals surface area contributed by atoms with Gasteiger partial charge in [0.05, 0.1) is 0 Å². The molecule has 0 fully saturated rings. The van der Waals surface area contributed by atoms with Crippen molar-refractivity contribution < 1.29 is 18.6 Å². The topological polar surface area (TPSA) is 0 Å². The fourth-order valence-electron chi connectivity index (χ4n) is 0.680. The Labute approximate surface area is 103 Å². The van der Waals surface area contributed by atoms with Crippen LogP contribution in [0.5, 0.6) is 0 Å². The Morgan fingerprint density at radius 1 is 0.929 bits per heavy atom. The van der Waals surface area contributed by atoms with Crippen molar-refractivity contribution in [1.82, 2.24) is 0 Å². The predicted octanol–water partition coefficient (Wildman–Crippen LogP) is 3.13. The van der Waals surface area contributed by atoms with Crippen molar-refractivity contribution in [2.24, 2.45) is 0 Å². The molecule has 0 unspecified atom stereocenters. The third-order valence-electron chi connectivity index (χ3n) is 1.17. The molecule has 2 heteroatoms. The Morgan fingerprint density at radius 3 is 1.36 bits per heavy atom. The normalized spacial score (nSPS) is 13.9. The summed E-state index contributed by atoms with van der Waals surface area (Å²) in [5.41, 5.74) is 0. The molecule has 0 amide bonds. The number of hydrogen-bond acceptors (Lipinski definition) is 0. The molecule has 0 spiro atoms. The molecule has 0 N–H and O–H groups in total. The molecule has 0 bridgehead atoms. The first-order valence-corrected chi connectivity index (χ1v) is 6.90. The molecule has 0 aromatic rings. The quantitative estimate of drug-likeness (QED) is 0.451. The van der Waals surface area contributed by atoms with E-state index in [0.29, 0.717) is 0 Å². The summed E-state index contributed by atoms with van der Waals surface area (Å²) in [5.74, 6) is 0. The molecule has 0 aromatic heterocycles. The van der Waals surface area contributed by atoms with Crippen molar-refractivity contribution in [1.29, 1.82) is 0 Å². The summed E-state index contributed by atoms with van der Waals surface area (Å²) in [4.78, 5) is 0. The van der Waals surface area contributed by atoms with Crippen LogP contribution in [0, 0.1) is 12.2 Å². The smallest absolute Gasteiger partial charge is 0.273 e. The number of rotatable bonds is 0. The zero-order chi connectivity index (χ0) is 9.78. The van der Waals surface area contributed by atoms with Crippen molar-refractivity contribution in [2.75, 3.05) is 0 Å². The molecule has 0 nitrogen and oxygen atoms in total. The minimum Gasteiger partial charge on any atom is -0.273 e. The van der Waals surface area contributed by atoms with E-state index in [1.54, 1.807) is 0 Å². The van der Waals surface area contributed by atoms with Crippen LogP contribution in [0.1, 0.15) is 12.8 Å². The molecule has 2 aliphatic rings. The molecule has 0 saturated carbocycles. The second kappa shape index (κ2) is 15.2. The van der Waals surface area contributed by atoms with E-state index >= 15 is 0 Å². The first kappa shape index (κ1) is 16.2. The average molecular weight is 240 g/mol. The van der Waals surface area contributed by atoms with Gasteiger partial charge in [0.2, 0.25) is 0 Å². The van der Waals surface area contributed by atoms with Crippen molar-refractivity contribution in [2.45, 2.75) is 25.9 Å². The van der Waals surface area contributed by atoms with E-state index in [9.17, 15) is 0 Å². The first-order chi connectivity index (χ1) is 6.41. The van der Waals surface area contributed by atoms with Crippen molar-refractivity contribution in [3.63, 3.8) is 0 Å². The van der Waals surface area contributed by atoms with Gasteiger partial charge in [-0.1, -0.05) is 13.1 Å². The predicted molar refractivity (Wildman–Crippen MR) is 62.0 cm³/mol. The molecule has 14 heavy (non-hydrogen) atoms. The average Bonchev–Trinajstić information content (AvgIpc) is 2.85. The van der Waals surface area contributed by atoms with E-state index in [4.69, 9.17) is 0 Å². The van der Waals surface area contributed by atoms with E-state index in [0.717, 1.165) is 22.4 Å². The van der Waals surface area contributed by atoms with Gasteiger partial charge in [-0.15, -0.1) is 12.8 Å². The van der Waals surface area contributed by atoms with E-state index in [1.165, 1.54) is 0 Å². The molecule has 0 aliphatic heterocycles. The Morgan fingerprint density at radius 2 is 1.29 bits per heavy atom. The van der Waals surface area contributed by atoms with Gasteiger partial charge in [0.15, 0.2) is 0 Å². The van der Waals surface area contributed by atoms with Crippen LogP contribution in [-0.2, 0) is 18.6 Å². The maximum absolute atomic E-state index is 2.99. The molecule has 0 heterocycles. The maximum Gasteiger partial charge on any atom is 2.00 e. The summed E-state index contributed by atoms with van der Waals surface area (Å²) < 4.78 is 0. The Bertz CT molecular complexity index is 160. The minimum atomic E-state index is 0. The Kier molecular flexibility index (Phi) is 17.6. The monoisotopic (exact) mass is 240 g/mol. The SMILES string of the molecule is C[SiH]C.[C-]1=CC=CC1.[C-]1=CC=CC1.[V+2]. The van der Waals surface area contributed by atoms with Crippen LogP contribution in [0.4, 0.5) is 0 Å². The van der Waals surface area contributed by atoms with Gasteiger partial charge in [0, 0.05) is 9.52 Å². The second-order valence-electron chi connectivity index (χ2n) is 2.58. The molecule has 0 saturated heterocycles. The molecule has 0 aromatic carbocycles. The molecular weight excluding hydrogens is 223 g/mol. The molecule has 2 radical (unpaired) electrons. The number of allylic oxidation sites excluding steroid dienone is 8. The van der Waals surface area contributed by atoms with Gasteiger partial charge in [-0.25, -0.2) is 24.3 Å². The summed E-state index contributed by atoms with van der Waals surface area (Å²) in [5, 5.41) is 0. The van der Waals surface area contributed by atoms with Crippen LogP contribution in [0.2, 0.25) is 13.1 Å². The fraction of sp³-hybridized carbons (Fsp3) is 0.333. The van der Waals surface area contributed by atoms with Crippen molar-refractivity contribution in [3.8, 4) is 0 Å². The van der Waals surface area contributed by atoms with Crippen molar-refractivity contribution in [3.05, 3.63) is 48.6 Å². The molecule has 0 atom stereocenters. The molecule has 2 rings (SSSR count). The van der Waals surface area contributed by atoms with Gasteiger partial charge in [-0.05, 0) is 0 Å². The molecule has 2 aliphatic carbocycles. The Balaban J connectivity index is 0. The van der Waals surface area contributed by atoms with Gasteiger partial charge in [-0.3, -0.25) is 12.2 Å². The van der Waals surface area contributed by atoms with Crippen LogP contribution < -0.4 is 0 Å².